The van der Waals surface area contributed by atoms with Gasteiger partial charge in [-0.1, -0.05) is 19.8 Å². The third-order valence-electron chi connectivity index (χ3n) is 3.81. The molecule has 0 saturated carbocycles. The van der Waals surface area contributed by atoms with Gasteiger partial charge in [0.15, 0.2) is 0 Å². The minimum atomic E-state index is -0.305. The summed E-state index contributed by atoms with van der Waals surface area (Å²) in [6.45, 7) is 6.39. The van der Waals surface area contributed by atoms with E-state index in [0.717, 1.165) is 36.2 Å². The van der Waals surface area contributed by atoms with Gasteiger partial charge in [0.1, 0.15) is 11.1 Å². The second kappa shape index (κ2) is 5.81. The van der Waals surface area contributed by atoms with Crippen LogP contribution in [0.25, 0.3) is 0 Å². The predicted octanol–water partition coefficient (Wildman–Crippen LogP) is 4.60. The highest BCUT2D eigenvalue weighted by Crippen LogP contribution is 2.47. The second-order valence-electron chi connectivity index (χ2n) is 5.96. The molecular formula is C17H20N2S. The van der Waals surface area contributed by atoms with Crippen molar-refractivity contribution in [3.05, 3.63) is 16.0 Å². The van der Waals surface area contributed by atoms with Crippen LogP contribution in [0.1, 0.15) is 56.0 Å². The maximum absolute atomic E-state index is 9.51. The molecule has 2 rings (SSSR count). The molecule has 0 N–H and O–H groups in total. The van der Waals surface area contributed by atoms with Crippen LogP contribution in [0.5, 0.6) is 0 Å². The molecule has 20 heavy (non-hydrogen) atoms. The van der Waals surface area contributed by atoms with Crippen LogP contribution < -0.4 is 0 Å². The SMILES string of the molecule is C#C[C@@]1(C)CCCc2sc(N=CCC(C)C)c(C#N)c21. The standard InChI is InChI=1S/C17H20N2S/c1-5-17(4)9-6-7-14-15(17)13(11-18)16(20-14)19-10-8-12(2)3/h1,10,12H,6-9H2,2-4H3/t17-/m0/s1. The molecule has 1 aliphatic carbocycles. The van der Waals surface area contributed by atoms with Gasteiger partial charge < -0.3 is 0 Å². The minimum absolute atomic E-state index is 0.305. The van der Waals surface area contributed by atoms with Crippen molar-refractivity contribution in [3.8, 4) is 18.4 Å². The molecule has 1 atom stereocenters. The average molecular weight is 284 g/mol. The largest absolute Gasteiger partial charge is 0.249 e. The molecule has 0 aliphatic heterocycles. The van der Waals surface area contributed by atoms with Gasteiger partial charge in [-0.15, -0.1) is 17.8 Å². The number of thiophene rings is 1. The lowest BCUT2D eigenvalue weighted by atomic mass is 9.73. The van der Waals surface area contributed by atoms with Crippen molar-refractivity contribution >= 4 is 22.6 Å². The highest BCUT2D eigenvalue weighted by atomic mass is 32.1. The number of aliphatic imine (C=N–C) groups is 1. The first-order valence-electron chi connectivity index (χ1n) is 7.08. The lowest BCUT2D eigenvalue weighted by Crippen LogP contribution is -2.25. The lowest BCUT2D eigenvalue weighted by Gasteiger charge is -2.29. The van der Waals surface area contributed by atoms with Crippen molar-refractivity contribution in [2.24, 2.45) is 10.9 Å². The normalized spacial score (nSPS) is 21.7. The molecule has 0 fully saturated rings. The molecule has 0 spiro atoms. The Morgan fingerprint density at radius 2 is 2.30 bits per heavy atom. The topological polar surface area (TPSA) is 36.1 Å². The number of nitrogens with zero attached hydrogens (tertiary/aromatic N) is 2. The maximum Gasteiger partial charge on any atom is 0.134 e. The quantitative estimate of drug-likeness (QED) is 0.590. The third-order valence-corrected chi connectivity index (χ3v) is 4.97. The van der Waals surface area contributed by atoms with E-state index in [-0.39, 0.29) is 5.41 Å². The van der Waals surface area contributed by atoms with Gasteiger partial charge in [-0.3, -0.25) is 0 Å². The molecule has 0 unspecified atom stereocenters. The Kier molecular flexibility index (Phi) is 4.31. The van der Waals surface area contributed by atoms with Gasteiger partial charge in [0.25, 0.3) is 0 Å². The van der Waals surface area contributed by atoms with Gasteiger partial charge in [-0.2, -0.15) is 5.26 Å². The van der Waals surface area contributed by atoms with Gasteiger partial charge in [0, 0.05) is 16.7 Å². The second-order valence-corrected chi connectivity index (χ2v) is 7.05. The van der Waals surface area contributed by atoms with Crippen molar-refractivity contribution in [2.45, 2.75) is 51.9 Å². The fourth-order valence-corrected chi connectivity index (χ4v) is 3.92. The highest BCUT2D eigenvalue weighted by molar-refractivity contribution is 7.16. The van der Waals surface area contributed by atoms with Gasteiger partial charge in [0.05, 0.1) is 11.0 Å². The number of terminal acetylenes is 1. The number of rotatable bonds is 3. The van der Waals surface area contributed by atoms with Crippen molar-refractivity contribution in [2.75, 3.05) is 0 Å². The Balaban J connectivity index is 2.46. The smallest absolute Gasteiger partial charge is 0.134 e. The summed E-state index contributed by atoms with van der Waals surface area (Å²) in [6.07, 6.45) is 11.7. The molecule has 0 amide bonds. The molecule has 0 bridgehead atoms. The predicted molar refractivity (Wildman–Crippen MR) is 85.8 cm³/mol. The molecule has 2 nitrogen and oxygen atoms in total. The monoisotopic (exact) mass is 284 g/mol. The van der Waals surface area contributed by atoms with E-state index >= 15 is 0 Å². The fraction of sp³-hybridized carbons (Fsp3) is 0.529. The van der Waals surface area contributed by atoms with Crippen molar-refractivity contribution in [1.29, 1.82) is 5.26 Å². The first-order chi connectivity index (χ1) is 9.51. The molecule has 104 valence electrons. The Morgan fingerprint density at radius 1 is 1.55 bits per heavy atom. The number of fused-ring (bicyclic) bond motifs is 1. The summed E-state index contributed by atoms with van der Waals surface area (Å²) in [7, 11) is 0. The highest BCUT2D eigenvalue weighted by Gasteiger charge is 2.35. The van der Waals surface area contributed by atoms with E-state index in [2.05, 4.69) is 37.8 Å². The van der Waals surface area contributed by atoms with Crippen LogP contribution in [0.2, 0.25) is 0 Å². The van der Waals surface area contributed by atoms with Gasteiger partial charge >= 0.3 is 0 Å². The summed E-state index contributed by atoms with van der Waals surface area (Å²) in [5, 5.41) is 10.3. The van der Waals surface area contributed by atoms with E-state index in [9.17, 15) is 5.26 Å². The van der Waals surface area contributed by atoms with Crippen LogP contribution in [-0.4, -0.2) is 6.21 Å². The zero-order valence-corrected chi connectivity index (χ0v) is 13.2. The summed E-state index contributed by atoms with van der Waals surface area (Å²) >= 11 is 1.64. The van der Waals surface area contributed by atoms with Crippen molar-refractivity contribution in [3.63, 3.8) is 0 Å². The Hall–Kier alpha value is -1.58. The van der Waals surface area contributed by atoms with Crippen molar-refractivity contribution < 1.29 is 0 Å². The number of nitriles is 1. The van der Waals surface area contributed by atoms with Gasteiger partial charge in [-0.25, -0.2) is 4.99 Å². The molecule has 0 radical (unpaired) electrons. The van der Waals surface area contributed by atoms with E-state index in [0.29, 0.717) is 11.5 Å². The van der Waals surface area contributed by atoms with Crippen LogP contribution in [-0.2, 0) is 11.8 Å². The van der Waals surface area contributed by atoms with E-state index in [1.165, 1.54) is 4.88 Å². The van der Waals surface area contributed by atoms with E-state index in [4.69, 9.17) is 6.42 Å². The molecule has 3 heteroatoms. The van der Waals surface area contributed by atoms with Crippen LogP contribution in [0.15, 0.2) is 4.99 Å². The Morgan fingerprint density at radius 3 is 2.90 bits per heavy atom. The van der Waals surface area contributed by atoms with Crippen LogP contribution in [0, 0.1) is 29.6 Å². The molecule has 1 aromatic rings. The zero-order chi connectivity index (χ0) is 14.8. The van der Waals surface area contributed by atoms with Crippen LogP contribution in [0.3, 0.4) is 0 Å². The Bertz CT molecular complexity index is 610. The molecule has 1 heterocycles. The fourth-order valence-electron chi connectivity index (χ4n) is 2.64. The van der Waals surface area contributed by atoms with Gasteiger partial charge in [-0.05, 0) is 38.5 Å². The lowest BCUT2D eigenvalue weighted by molar-refractivity contribution is 0.502. The zero-order valence-electron chi connectivity index (χ0n) is 12.4. The molecule has 1 aliphatic rings. The summed E-state index contributed by atoms with van der Waals surface area (Å²) < 4.78 is 0. The minimum Gasteiger partial charge on any atom is -0.249 e. The number of hydrogen-bond donors (Lipinski definition) is 0. The summed E-state index contributed by atoms with van der Waals surface area (Å²) in [5.74, 6) is 3.48. The first-order valence-corrected chi connectivity index (χ1v) is 7.90. The number of aryl methyl sites for hydroxylation is 1. The van der Waals surface area contributed by atoms with E-state index < -0.39 is 0 Å². The third kappa shape index (κ3) is 2.65. The molecule has 0 aromatic carbocycles. The van der Waals surface area contributed by atoms with E-state index in [1.807, 2.05) is 6.21 Å². The van der Waals surface area contributed by atoms with Crippen molar-refractivity contribution in [1.82, 2.24) is 0 Å². The summed E-state index contributed by atoms with van der Waals surface area (Å²) in [6, 6.07) is 2.33. The molecule has 0 saturated heterocycles. The summed E-state index contributed by atoms with van der Waals surface area (Å²) in [5.41, 5.74) is 1.46. The summed E-state index contributed by atoms with van der Waals surface area (Å²) in [4.78, 5) is 5.78. The maximum atomic E-state index is 9.51. The van der Waals surface area contributed by atoms with E-state index in [1.54, 1.807) is 11.3 Å². The number of hydrogen-bond acceptors (Lipinski definition) is 3. The average Bonchev–Trinajstić information content (AvgIpc) is 2.77. The molecule has 1 aromatic heterocycles. The van der Waals surface area contributed by atoms with Crippen LogP contribution in [0.4, 0.5) is 5.00 Å². The van der Waals surface area contributed by atoms with Gasteiger partial charge in [0.2, 0.25) is 0 Å². The molecular weight excluding hydrogens is 264 g/mol. The van der Waals surface area contributed by atoms with Crippen LogP contribution >= 0.6 is 11.3 Å². The first kappa shape index (κ1) is 14.8. The Labute approximate surface area is 125 Å².